The highest BCUT2D eigenvalue weighted by molar-refractivity contribution is 7.89. The molecule has 1 aromatic heterocycles. The molecule has 0 aliphatic carbocycles. The lowest BCUT2D eigenvalue weighted by molar-refractivity contribution is 0.465. The standard InChI is InChI=1S/C20H20N4O2S/c1-15-20(16(2)24(22-15)18-7-5-4-6-8-18)14-23(3)27(25,26)19-11-9-17(13-21)10-12-19/h4-12H,14H2,1-3H3. The van der Waals surface area contributed by atoms with E-state index in [2.05, 4.69) is 5.10 Å². The van der Waals surface area contributed by atoms with E-state index in [4.69, 9.17) is 5.26 Å². The van der Waals surface area contributed by atoms with Crippen molar-refractivity contribution in [1.29, 1.82) is 5.26 Å². The van der Waals surface area contributed by atoms with E-state index >= 15 is 0 Å². The number of sulfonamides is 1. The second-order valence-electron chi connectivity index (χ2n) is 6.29. The summed E-state index contributed by atoms with van der Waals surface area (Å²) < 4.78 is 28.8. The maximum atomic E-state index is 12.9. The van der Waals surface area contributed by atoms with Crippen molar-refractivity contribution in [2.24, 2.45) is 0 Å². The first-order chi connectivity index (χ1) is 12.8. The summed E-state index contributed by atoms with van der Waals surface area (Å²) in [6.45, 7) is 4.03. The summed E-state index contributed by atoms with van der Waals surface area (Å²) in [5.41, 5.74) is 3.92. The minimum absolute atomic E-state index is 0.162. The molecular weight excluding hydrogens is 360 g/mol. The Bertz CT molecular complexity index is 1100. The fourth-order valence-electron chi connectivity index (χ4n) is 2.91. The van der Waals surface area contributed by atoms with Crippen molar-refractivity contribution in [3.63, 3.8) is 0 Å². The Balaban J connectivity index is 1.90. The van der Waals surface area contributed by atoms with Crippen LogP contribution in [0.4, 0.5) is 0 Å². The van der Waals surface area contributed by atoms with Gasteiger partial charge in [0.1, 0.15) is 0 Å². The van der Waals surface area contributed by atoms with Crippen molar-refractivity contribution in [2.45, 2.75) is 25.3 Å². The summed E-state index contributed by atoms with van der Waals surface area (Å²) >= 11 is 0. The Kier molecular flexibility index (Phi) is 5.13. The Morgan fingerprint density at radius 3 is 2.30 bits per heavy atom. The first-order valence-electron chi connectivity index (χ1n) is 8.41. The second kappa shape index (κ2) is 7.35. The van der Waals surface area contributed by atoms with Gasteiger partial charge < -0.3 is 0 Å². The van der Waals surface area contributed by atoms with E-state index in [-0.39, 0.29) is 11.4 Å². The molecule has 27 heavy (non-hydrogen) atoms. The summed E-state index contributed by atoms with van der Waals surface area (Å²) in [6.07, 6.45) is 0. The van der Waals surface area contributed by atoms with Crippen LogP contribution in [0, 0.1) is 25.2 Å². The number of hydrogen-bond acceptors (Lipinski definition) is 4. The van der Waals surface area contributed by atoms with Crippen molar-refractivity contribution in [2.75, 3.05) is 7.05 Å². The predicted octanol–water partition coefficient (Wildman–Crippen LogP) is 3.18. The second-order valence-corrected chi connectivity index (χ2v) is 8.34. The number of rotatable bonds is 5. The number of benzene rings is 2. The maximum absolute atomic E-state index is 12.9. The first kappa shape index (κ1) is 18.8. The summed E-state index contributed by atoms with van der Waals surface area (Å²) in [5.74, 6) is 0. The zero-order valence-electron chi connectivity index (χ0n) is 15.4. The van der Waals surface area contributed by atoms with E-state index in [9.17, 15) is 8.42 Å². The van der Waals surface area contributed by atoms with Crippen LogP contribution < -0.4 is 0 Å². The maximum Gasteiger partial charge on any atom is 0.243 e. The molecule has 3 aromatic rings. The van der Waals surface area contributed by atoms with Gasteiger partial charge in [-0.25, -0.2) is 13.1 Å². The lowest BCUT2D eigenvalue weighted by atomic mass is 10.2. The fourth-order valence-corrected chi connectivity index (χ4v) is 4.05. The summed E-state index contributed by atoms with van der Waals surface area (Å²) in [6, 6.07) is 17.6. The number of para-hydroxylation sites is 1. The average molecular weight is 380 g/mol. The van der Waals surface area contributed by atoms with Gasteiger partial charge in [0.05, 0.1) is 27.9 Å². The number of hydrogen-bond donors (Lipinski definition) is 0. The van der Waals surface area contributed by atoms with Gasteiger partial charge >= 0.3 is 0 Å². The molecule has 138 valence electrons. The molecule has 0 bridgehead atoms. The highest BCUT2D eigenvalue weighted by atomic mass is 32.2. The highest BCUT2D eigenvalue weighted by Crippen LogP contribution is 2.22. The normalized spacial score (nSPS) is 11.5. The molecule has 6 nitrogen and oxygen atoms in total. The molecule has 0 saturated carbocycles. The summed E-state index contributed by atoms with van der Waals surface area (Å²) in [5, 5.41) is 13.4. The lowest BCUT2D eigenvalue weighted by Crippen LogP contribution is -2.27. The van der Waals surface area contributed by atoms with Crippen molar-refractivity contribution >= 4 is 10.0 Å². The molecule has 0 amide bonds. The minimum atomic E-state index is -3.66. The smallest absolute Gasteiger partial charge is 0.238 e. The Morgan fingerprint density at radius 1 is 1.07 bits per heavy atom. The number of aryl methyl sites for hydroxylation is 1. The molecule has 0 unspecified atom stereocenters. The van der Waals surface area contributed by atoms with E-state index < -0.39 is 10.0 Å². The Hall–Kier alpha value is -2.95. The lowest BCUT2D eigenvalue weighted by Gasteiger charge is -2.17. The highest BCUT2D eigenvalue weighted by Gasteiger charge is 2.24. The van der Waals surface area contributed by atoms with Gasteiger partial charge in [0, 0.05) is 24.8 Å². The topological polar surface area (TPSA) is 79.0 Å². The van der Waals surface area contributed by atoms with Crippen molar-refractivity contribution < 1.29 is 8.42 Å². The molecule has 0 saturated heterocycles. The third kappa shape index (κ3) is 3.63. The van der Waals surface area contributed by atoms with Crippen LogP contribution in [0.25, 0.3) is 5.69 Å². The summed E-state index contributed by atoms with van der Waals surface area (Å²) in [7, 11) is -2.12. The molecular formula is C20H20N4O2S. The average Bonchev–Trinajstić information content (AvgIpc) is 2.97. The molecule has 0 atom stereocenters. The molecule has 7 heteroatoms. The fraction of sp³-hybridized carbons (Fsp3) is 0.200. The van der Waals surface area contributed by atoms with Gasteiger partial charge in [-0.3, -0.25) is 0 Å². The molecule has 2 aromatic carbocycles. The van der Waals surface area contributed by atoms with Gasteiger partial charge in [-0.15, -0.1) is 0 Å². The van der Waals surface area contributed by atoms with Crippen LogP contribution >= 0.6 is 0 Å². The van der Waals surface area contributed by atoms with Gasteiger partial charge in [0.25, 0.3) is 0 Å². The van der Waals surface area contributed by atoms with Gasteiger partial charge in [0.15, 0.2) is 0 Å². The molecule has 0 aliphatic heterocycles. The zero-order chi connectivity index (χ0) is 19.6. The van der Waals surface area contributed by atoms with Crippen molar-refractivity contribution in [3.8, 4) is 11.8 Å². The Morgan fingerprint density at radius 2 is 1.70 bits per heavy atom. The van der Waals surface area contributed by atoms with Crippen LogP contribution in [0.2, 0.25) is 0 Å². The van der Waals surface area contributed by atoms with E-state index in [1.807, 2.05) is 54.9 Å². The van der Waals surface area contributed by atoms with E-state index in [1.54, 1.807) is 7.05 Å². The van der Waals surface area contributed by atoms with Crippen LogP contribution in [0.3, 0.4) is 0 Å². The van der Waals surface area contributed by atoms with Crippen LogP contribution in [0.5, 0.6) is 0 Å². The van der Waals surface area contributed by atoms with Crippen molar-refractivity contribution in [3.05, 3.63) is 77.1 Å². The van der Waals surface area contributed by atoms with Gasteiger partial charge in [-0.1, -0.05) is 18.2 Å². The quantitative estimate of drug-likeness (QED) is 0.681. The number of aromatic nitrogens is 2. The van der Waals surface area contributed by atoms with E-state index in [1.165, 1.54) is 28.6 Å². The molecule has 0 fully saturated rings. The summed E-state index contributed by atoms with van der Waals surface area (Å²) in [4.78, 5) is 0.162. The number of nitriles is 1. The largest absolute Gasteiger partial charge is 0.243 e. The molecule has 1 heterocycles. The molecule has 0 N–H and O–H groups in total. The third-order valence-electron chi connectivity index (χ3n) is 4.51. The molecule has 0 spiro atoms. The van der Waals surface area contributed by atoms with Crippen molar-refractivity contribution in [1.82, 2.24) is 14.1 Å². The van der Waals surface area contributed by atoms with Crippen LogP contribution in [-0.2, 0) is 16.6 Å². The third-order valence-corrected chi connectivity index (χ3v) is 6.33. The van der Waals surface area contributed by atoms with Crippen LogP contribution in [0.15, 0.2) is 59.5 Å². The van der Waals surface area contributed by atoms with Crippen LogP contribution in [-0.4, -0.2) is 29.6 Å². The predicted molar refractivity (Wildman–Crippen MR) is 103 cm³/mol. The van der Waals surface area contributed by atoms with E-state index in [0.29, 0.717) is 5.56 Å². The molecule has 0 aliphatic rings. The Labute approximate surface area is 159 Å². The van der Waals surface area contributed by atoms with Crippen LogP contribution in [0.1, 0.15) is 22.5 Å². The monoisotopic (exact) mass is 380 g/mol. The van der Waals surface area contributed by atoms with Gasteiger partial charge in [-0.05, 0) is 50.2 Å². The minimum Gasteiger partial charge on any atom is -0.238 e. The zero-order valence-corrected chi connectivity index (χ0v) is 16.2. The van der Waals surface area contributed by atoms with E-state index in [0.717, 1.165) is 22.6 Å². The molecule has 3 rings (SSSR count). The molecule has 0 radical (unpaired) electrons. The number of nitrogens with zero attached hydrogens (tertiary/aromatic N) is 4. The first-order valence-corrected chi connectivity index (χ1v) is 9.85. The SMILES string of the molecule is Cc1nn(-c2ccccc2)c(C)c1CN(C)S(=O)(=O)c1ccc(C#N)cc1. The van der Waals surface area contributed by atoms with Gasteiger partial charge in [-0.2, -0.15) is 14.7 Å². The van der Waals surface area contributed by atoms with Gasteiger partial charge in [0.2, 0.25) is 10.0 Å².